The smallest absolute Gasteiger partial charge is 0.141 e. The zero-order chi connectivity index (χ0) is 13.8. The summed E-state index contributed by atoms with van der Waals surface area (Å²) in [5.41, 5.74) is 2.85. The Morgan fingerprint density at radius 1 is 1.05 bits per heavy atom. The van der Waals surface area contributed by atoms with Gasteiger partial charge in [-0.2, -0.15) is 0 Å². The van der Waals surface area contributed by atoms with Gasteiger partial charge >= 0.3 is 0 Å². The van der Waals surface area contributed by atoms with Crippen molar-refractivity contribution < 1.29 is 8.78 Å². The maximum atomic E-state index is 13.0. The first kappa shape index (κ1) is 14.0. The van der Waals surface area contributed by atoms with Crippen molar-refractivity contribution in [1.82, 2.24) is 5.32 Å². The fourth-order valence-electron chi connectivity index (χ4n) is 1.85. The molecular weight excluding hydrogens is 268 g/mol. The van der Waals surface area contributed by atoms with Crippen LogP contribution in [0.4, 0.5) is 8.78 Å². The monoisotopic (exact) mass is 281 g/mol. The maximum Gasteiger partial charge on any atom is 0.141 e. The highest BCUT2D eigenvalue weighted by molar-refractivity contribution is 6.30. The van der Waals surface area contributed by atoms with Crippen LogP contribution in [-0.2, 0) is 13.1 Å². The number of nitrogens with one attached hydrogen (secondary N) is 1. The van der Waals surface area contributed by atoms with Gasteiger partial charge in [0.25, 0.3) is 0 Å². The predicted octanol–water partition coefficient (Wildman–Crippen LogP) is 4.22. The third-order valence-electron chi connectivity index (χ3n) is 2.93. The molecule has 0 atom stereocenters. The van der Waals surface area contributed by atoms with E-state index in [0.29, 0.717) is 13.1 Å². The van der Waals surface area contributed by atoms with Crippen LogP contribution in [0.3, 0.4) is 0 Å². The standard InChI is InChI=1S/C15H14ClF2N/c1-10-6-13(17)4-3-12(10)9-19-8-11-2-5-15(18)14(16)7-11/h2-7,19H,8-9H2,1H3. The third kappa shape index (κ3) is 3.75. The van der Waals surface area contributed by atoms with Crippen LogP contribution in [-0.4, -0.2) is 0 Å². The molecule has 0 heterocycles. The summed E-state index contributed by atoms with van der Waals surface area (Å²) < 4.78 is 25.9. The fourth-order valence-corrected chi connectivity index (χ4v) is 2.05. The molecule has 0 aliphatic heterocycles. The van der Waals surface area contributed by atoms with Gasteiger partial charge in [0.05, 0.1) is 5.02 Å². The molecule has 0 spiro atoms. The van der Waals surface area contributed by atoms with E-state index in [0.717, 1.165) is 16.7 Å². The minimum absolute atomic E-state index is 0.122. The Bertz CT molecular complexity index is 584. The van der Waals surface area contributed by atoms with E-state index in [1.807, 2.05) is 6.92 Å². The molecule has 2 rings (SSSR count). The molecule has 19 heavy (non-hydrogen) atoms. The number of benzene rings is 2. The second kappa shape index (κ2) is 6.13. The van der Waals surface area contributed by atoms with Crippen molar-refractivity contribution in [3.05, 3.63) is 69.7 Å². The van der Waals surface area contributed by atoms with Gasteiger partial charge in [-0.3, -0.25) is 0 Å². The van der Waals surface area contributed by atoms with Crippen LogP contribution in [0.5, 0.6) is 0 Å². The number of hydrogen-bond acceptors (Lipinski definition) is 1. The largest absolute Gasteiger partial charge is 0.309 e. The third-order valence-corrected chi connectivity index (χ3v) is 3.22. The Labute approximate surface area is 116 Å². The molecule has 2 aromatic rings. The van der Waals surface area contributed by atoms with Crippen molar-refractivity contribution in [3.63, 3.8) is 0 Å². The first-order valence-electron chi connectivity index (χ1n) is 5.96. The van der Waals surface area contributed by atoms with Crippen molar-refractivity contribution in [2.75, 3.05) is 0 Å². The van der Waals surface area contributed by atoms with Crippen LogP contribution in [0.15, 0.2) is 36.4 Å². The van der Waals surface area contributed by atoms with Gasteiger partial charge in [0.15, 0.2) is 0 Å². The quantitative estimate of drug-likeness (QED) is 0.885. The summed E-state index contributed by atoms with van der Waals surface area (Å²) in [6, 6.07) is 9.34. The van der Waals surface area contributed by atoms with Crippen LogP contribution in [0, 0.1) is 18.6 Å². The maximum absolute atomic E-state index is 13.0. The van der Waals surface area contributed by atoms with Crippen LogP contribution in [0.25, 0.3) is 0 Å². The minimum Gasteiger partial charge on any atom is -0.309 e. The summed E-state index contributed by atoms with van der Waals surface area (Å²) in [6.07, 6.45) is 0. The SMILES string of the molecule is Cc1cc(F)ccc1CNCc1ccc(F)c(Cl)c1. The lowest BCUT2D eigenvalue weighted by Gasteiger charge is -2.08. The van der Waals surface area contributed by atoms with E-state index >= 15 is 0 Å². The van der Waals surface area contributed by atoms with Gasteiger partial charge < -0.3 is 5.32 Å². The molecule has 0 unspecified atom stereocenters. The van der Waals surface area contributed by atoms with E-state index in [4.69, 9.17) is 11.6 Å². The molecule has 2 aromatic carbocycles. The van der Waals surface area contributed by atoms with E-state index in [9.17, 15) is 8.78 Å². The van der Waals surface area contributed by atoms with Crippen LogP contribution in [0.2, 0.25) is 5.02 Å². The molecule has 1 nitrogen and oxygen atoms in total. The molecule has 0 saturated heterocycles. The fraction of sp³-hybridized carbons (Fsp3) is 0.200. The minimum atomic E-state index is -0.417. The van der Waals surface area contributed by atoms with Crippen LogP contribution < -0.4 is 5.32 Å². The molecule has 0 bridgehead atoms. The summed E-state index contributed by atoms with van der Waals surface area (Å²) in [4.78, 5) is 0. The Hall–Kier alpha value is -1.45. The average Bonchev–Trinajstić information content (AvgIpc) is 2.36. The van der Waals surface area contributed by atoms with Gasteiger partial charge in [0.1, 0.15) is 11.6 Å². The molecule has 0 saturated carbocycles. The molecule has 0 radical (unpaired) electrons. The van der Waals surface area contributed by atoms with E-state index < -0.39 is 5.82 Å². The molecule has 4 heteroatoms. The highest BCUT2D eigenvalue weighted by Gasteiger charge is 2.02. The zero-order valence-electron chi connectivity index (χ0n) is 10.5. The highest BCUT2D eigenvalue weighted by atomic mass is 35.5. The normalized spacial score (nSPS) is 10.7. The van der Waals surface area contributed by atoms with Crippen LogP contribution in [0.1, 0.15) is 16.7 Å². The summed E-state index contributed by atoms with van der Waals surface area (Å²) in [7, 11) is 0. The van der Waals surface area contributed by atoms with Crippen molar-refractivity contribution in [3.8, 4) is 0 Å². The Kier molecular flexibility index (Phi) is 4.51. The second-order valence-electron chi connectivity index (χ2n) is 4.42. The second-order valence-corrected chi connectivity index (χ2v) is 4.83. The lowest BCUT2D eigenvalue weighted by atomic mass is 10.1. The van der Waals surface area contributed by atoms with Gasteiger partial charge in [0.2, 0.25) is 0 Å². The number of hydrogen-bond donors (Lipinski definition) is 1. The Balaban J connectivity index is 1.94. The van der Waals surface area contributed by atoms with E-state index in [1.165, 1.54) is 18.2 Å². The molecule has 0 amide bonds. The highest BCUT2D eigenvalue weighted by Crippen LogP contribution is 2.16. The molecular formula is C15H14ClF2N. The average molecular weight is 282 g/mol. The van der Waals surface area contributed by atoms with Crippen molar-refractivity contribution in [2.24, 2.45) is 0 Å². The summed E-state index contributed by atoms with van der Waals surface area (Å²) in [5.74, 6) is -0.647. The topological polar surface area (TPSA) is 12.0 Å². The molecule has 0 aliphatic carbocycles. The van der Waals surface area contributed by atoms with Crippen LogP contribution >= 0.6 is 11.6 Å². The van der Waals surface area contributed by atoms with Crippen molar-refractivity contribution in [2.45, 2.75) is 20.0 Å². The van der Waals surface area contributed by atoms with Gasteiger partial charge in [-0.15, -0.1) is 0 Å². The van der Waals surface area contributed by atoms with E-state index in [-0.39, 0.29) is 10.8 Å². The van der Waals surface area contributed by atoms with Gasteiger partial charge in [0, 0.05) is 13.1 Å². The lowest BCUT2D eigenvalue weighted by molar-refractivity contribution is 0.621. The Morgan fingerprint density at radius 3 is 2.53 bits per heavy atom. The first-order chi connectivity index (χ1) is 9.06. The molecule has 0 aliphatic rings. The summed E-state index contributed by atoms with van der Waals surface area (Å²) >= 11 is 5.71. The molecule has 100 valence electrons. The zero-order valence-corrected chi connectivity index (χ0v) is 11.3. The molecule has 1 N–H and O–H groups in total. The Morgan fingerprint density at radius 2 is 1.84 bits per heavy atom. The van der Waals surface area contributed by atoms with Gasteiger partial charge in [-0.05, 0) is 47.9 Å². The van der Waals surface area contributed by atoms with E-state index in [2.05, 4.69) is 5.32 Å². The number of aryl methyl sites for hydroxylation is 1. The number of rotatable bonds is 4. The van der Waals surface area contributed by atoms with E-state index in [1.54, 1.807) is 18.2 Å². The summed E-state index contributed by atoms with van der Waals surface area (Å²) in [6.45, 7) is 3.08. The van der Waals surface area contributed by atoms with Gasteiger partial charge in [-0.1, -0.05) is 23.7 Å². The van der Waals surface area contributed by atoms with Gasteiger partial charge in [-0.25, -0.2) is 8.78 Å². The number of halogens is 3. The summed E-state index contributed by atoms with van der Waals surface area (Å²) in [5, 5.41) is 3.34. The molecule has 0 fully saturated rings. The van der Waals surface area contributed by atoms with Crippen molar-refractivity contribution >= 4 is 11.6 Å². The predicted molar refractivity (Wildman–Crippen MR) is 73.1 cm³/mol. The lowest BCUT2D eigenvalue weighted by Crippen LogP contribution is -2.13. The first-order valence-corrected chi connectivity index (χ1v) is 6.34. The van der Waals surface area contributed by atoms with Crippen molar-refractivity contribution in [1.29, 1.82) is 0 Å². The molecule has 0 aromatic heterocycles.